The molecular weight excluding hydrogens is 268 g/mol. The van der Waals surface area contributed by atoms with Crippen LogP contribution in [0.5, 0.6) is 0 Å². The van der Waals surface area contributed by atoms with E-state index in [4.69, 9.17) is 4.42 Å². The van der Waals surface area contributed by atoms with E-state index in [9.17, 15) is 0 Å². The van der Waals surface area contributed by atoms with E-state index in [1.54, 1.807) is 11.3 Å². The van der Waals surface area contributed by atoms with Crippen LogP contribution < -0.4 is 5.32 Å². The Kier molecular flexibility index (Phi) is 3.49. The molecule has 3 aromatic rings. The fourth-order valence-corrected chi connectivity index (χ4v) is 3.19. The van der Waals surface area contributed by atoms with Gasteiger partial charge in [0.05, 0.1) is 0 Å². The smallest absolute Gasteiger partial charge is 0.183 e. The minimum absolute atomic E-state index is 0.385. The monoisotopic (exact) mass is 286 g/mol. The van der Waals surface area contributed by atoms with Gasteiger partial charge in [0.25, 0.3) is 0 Å². The molecule has 0 saturated heterocycles. The van der Waals surface area contributed by atoms with E-state index in [-0.39, 0.29) is 0 Å². The molecular formula is C16H18N2OS. The second-order valence-electron chi connectivity index (χ2n) is 5.10. The van der Waals surface area contributed by atoms with E-state index in [0.29, 0.717) is 6.04 Å². The van der Waals surface area contributed by atoms with Crippen LogP contribution in [-0.2, 0) is 6.42 Å². The van der Waals surface area contributed by atoms with Gasteiger partial charge in [-0.15, -0.1) is 11.3 Å². The van der Waals surface area contributed by atoms with Gasteiger partial charge in [-0.25, -0.2) is 4.98 Å². The molecule has 104 valence electrons. The quantitative estimate of drug-likeness (QED) is 0.738. The van der Waals surface area contributed by atoms with Gasteiger partial charge in [-0.1, -0.05) is 25.1 Å². The number of rotatable bonds is 4. The third-order valence-corrected chi connectivity index (χ3v) is 3.97. The van der Waals surface area contributed by atoms with Crippen molar-refractivity contribution in [2.45, 2.75) is 33.2 Å². The first-order chi connectivity index (χ1) is 9.69. The summed E-state index contributed by atoms with van der Waals surface area (Å²) in [5.41, 5.74) is 3.10. The molecule has 0 atom stereocenters. The van der Waals surface area contributed by atoms with Crippen LogP contribution in [0.2, 0.25) is 0 Å². The molecule has 0 saturated carbocycles. The van der Waals surface area contributed by atoms with Crippen LogP contribution in [-0.4, -0.2) is 11.0 Å². The highest BCUT2D eigenvalue weighted by Crippen LogP contribution is 2.35. The predicted molar refractivity (Wildman–Crippen MR) is 85.5 cm³/mol. The normalized spacial score (nSPS) is 11.4. The molecule has 3 rings (SSSR count). The van der Waals surface area contributed by atoms with Gasteiger partial charge in [0.2, 0.25) is 0 Å². The van der Waals surface area contributed by atoms with E-state index >= 15 is 0 Å². The fraction of sp³-hybridized carbons (Fsp3) is 0.312. The molecule has 0 aliphatic carbocycles. The molecule has 20 heavy (non-hydrogen) atoms. The van der Waals surface area contributed by atoms with Crippen molar-refractivity contribution in [3.05, 3.63) is 35.2 Å². The van der Waals surface area contributed by atoms with Crippen molar-refractivity contribution < 1.29 is 4.42 Å². The van der Waals surface area contributed by atoms with Gasteiger partial charge in [0, 0.05) is 22.4 Å². The number of hydrogen-bond donors (Lipinski definition) is 1. The third-order valence-electron chi connectivity index (χ3n) is 3.20. The largest absolute Gasteiger partial charge is 0.454 e. The first-order valence-corrected chi connectivity index (χ1v) is 7.80. The summed E-state index contributed by atoms with van der Waals surface area (Å²) >= 11 is 1.62. The van der Waals surface area contributed by atoms with Crippen molar-refractivity contribution in [2.24, 2.45) is 0 Å². The van der Waals surface area contributed by atoms with E-state index in [0.717, 1.165) is 28.6 Å². The summed E-state index contributed by atoms with van der Waals surface area (Å²) < 4.78 is 6.01. The van der Waals surface area contributed by atoms with Crippen LogP contribution in [0.15, 0.2) is 34.1 Å². The number of benzene rings is 1. The molecule has 0 radical (unpaired) electrons. The molecule has 2 aromatic heterocycles. The molecule has 0 amide bonds. The summed E-state index contributed by atoms with van der Waals surface area (Å²) in [6.45, 7) is 6.37. The highest BCUT2D eigenvalue weighted by atomic mass is 32.1. The Labute approximate surface area is 122 Å². The average molecular weight is 286 g/mol. The molecule has 1 aromatic carbocycles. The average Bonchev–Trinajstić information content (AvgIpc) is 3.01. The van der Waals surface area contributed by atoms with Gasteiger partial charge >= 0.3 is 0 Å². The summed E-state index contributed by atoms with van der Waals surface area (Å²) in [6.07, 6.45) is 0.941. The number of fused-ring (bicyclic) bond motifs is 1. The summed E-state index contributed by atoms with van der Waals surface area (Å²) in [4.78, 5) is 4.64. The highest BCUT2D eigenvalue weighted by Gasteiger charge is 2.16. The van der Waals surface area contributed by atoms with Gasteiger partial charge in [-0.3, -0.25) is 0 Å². The number of nitrogens with zero attached hydrogens (tertiary/aromatic N) is 1. The summed E-state index contributed by atoms with van der Waals surface area (Å²) in [5.74, 6) is 0.904. The van der Waals surface area contributed by atoms with Gasteiger partial charge in [0.15, 0.2) is 10.9 Å². The maximum absolute atomic E-state index is 6.01. The Morgan fingerprint density at radius 3 is 2.85 bits per heavy atom. The minimum Gasteiger partial charge on any atom is -0.454 e. The Hall–Kier alpha value is -1.81. The third kappa shape index (κ3) is 2.31. The molecule has 0 aliphatic rings. The van der Waals surface area contributed by atoms with Crippen molar-refractivity contribution in [3.63, 3.8) is 0 Å². The SMILES string of the molecule is CCc1c(-c2csc(NC(C)C)n2)oc2ccccc12. The van der Waals surface area contributed by atoms with Crippen LogP contribution in [0, 0.1) is 0 Å². The Balaban J connectivity index is 2.07. The van der Waals surface area contributed by atoms with Crippen molar-refractivity contribution in [1.82, 2.24) is 4.98 Å². The number of anilines is 1. The standard InChI is InChI=1S/C16H18N2OS/c1-4-11-12-7-5-6-8-14(12)19-15(11)13-9-20-16(18-13)17-10(2)3/h5-10H,4H2,1-3H3,(H,17,18). The zero-order valence-corrected chi connectivity index (χ0v) is 12.8. The van der Waals surface area contributed by atoms with Gasteiger partial charge in [0.1, 0.15) is 11.3 Å². The Morgan fingerprint density at radius 1 is 1.30 bits per heavy atom. The Morgan fingerprint density at radius 2 is 2.10 bits per heavy atom. The van der Waals surface area contributed by atoms with Crippen LogP contribution in [0.25, 0.3) is 22.4 Å². The summed E-state index contributed by atoms with van der Waals surface area (Å²) in [7, 11) is 0. The lowest BCUT2D eigenvalue weighted by molar-refractivity contribution is 0.625. The van der Waals surface area contributed by atoms with Crippen LogP contribution in [0.4, 0.5) is 5.13 Å². The lowest BCUT2D eigenvalue weighted by Gasteiger charge is -2.04. The van der Waals surface area contributed by atoms with E-state index < -0.39 is 0 Å². The molecule has 0 fully saturated rings. The molecule has 0 spiro atoms. The number of thiazole rings is 1. The number of furan rings is 1. The van der Waals surface area contributed by atoms with E-state index in [2.05, 4.69) is 42.5 Å². The summed E-state index contributed by atoms with van der Waals surface area (Å²) in [5, 5.41) is 7.52. The van der Waals surface area contributed by atoms with Crippen LogP contribution >= 0.6 is 11.3 Å². The number of para-hydroxylation sites is 1. The maximum atomic E-state index is 6.01. The molecule has 4 heteroatoms. The molecule has 0 bridgehead atoms. The van der Waals surface area contributed by atoms with Crippen molar-refractivity contribution in [1.29, 1.82) is 0 Å². The van der Waals surface area contributed by atoms with Gasteiger partial charge < -0.3 is 9.73 Å². The topological polar surface area (TPSA) is 38.1 Å². The second kappa shape index (κ2) is 5.29. The van der Waals surface area contributed by atoms with Crippen molar-refractivity contribution >= 4 is 27.4 Å². The first kappa shape index (κ1) is 13.2. The van der Waals surface area contributed by atoms with Crippen molar-refractivity contribution in [2.75, 3.05) is 5.32 Å². The minimum atomic E-state index is 0.385. The number of nitrogens with one attached hydrogen (secondary N) is 1. The molecule has 2 heterocycles. The van der Waals surface area contributed by atoms with Crippen LogP contribution in [0.3, 0.4) is 0 Å². The number of aryl methyl sites for hydroxylation is 1. The highest BCUT2D eigenvalue weighted by molar-refractivity contribution is 7.14. The van der Waals surface area contributed by atoms with Crippen LogP contribution in [0.1, 0.15) is 26.3 Å². The number of hydrogen-bond acceptors (Lipinski definition) is 4. The van der Waals surface area contributed by atoms with Crippen molar-refractivity contribution in [3.8, 4) is 11.5 Å². The Bertz CT molecular complexity index is 727. The van der Waals surface area contributed by atoms with E-state index in [1.165, 1.54) is 10.9 Å². The zero-order chi connectivity index (χ0) is 14.1. The lowest BCUT2D eigenvalue weighted by Crippen LogP contribution is -2.08. The van der Waals surface area contributed by atoms with E-state index in [1.807, 2.05) is 18.2 Å². The summed E-state index contributed by atoms with van der Waals surface area (Å²) in [6, 6.07) is 8.56. The molecule has 1 N–H and O–H groups in total. The number of aromatic nitrogens is 1. The molecule has 3 nitrogen and oxygen atoms in total. The maximum Gasteiger partial charge on any atom is 0.183 e. The van der Waals surface area contributed by atoms with Gasteiger partial charge in [-0.05, 0) is 26.3 Å². The lowest BCUT2D eigenvalue weighted by atomic mass is 10.1. The zero-order valence-electron chi connectivity index (χ0n) is 11.9. The van der Waals surface area contributed by atoms with Gasteiger partial charge in [-0.2, -0.15) is 0 Å². The molecule has 0 aliphatic heterocycles. The predicted octanol–water partition coefficient (Wildman–Crippen LogP) is 4.94. The first-order valence-electron chi connectivity index (χ1n) is 6.92. The fourth-order valence-electron chi connectivity index (χ4n) is 2.35. The molecule has 0 unspecified atom stereocenters. The second-order valence-corrected chi connectivity index (χ2v) is 5.95.